The van der Waals surface area contributed by atoms with E-state index in [0.29, 0.717) is 23.9 Å². The number of benzene rings is 1. The first-order valence-corrected chi connectivity index (χ1v) is 6.90. The Bertz CT molecular complexity index is 505. The number of carbonyl (C=O) groups excluding carboxylic acids is 1. The fourth-order valence-corrected chi connectivity index (χ4v) is 3.00. The highest BCUT2D eigenvalue weighted by Gasteiger charge is 2.26. The molecule has 1 saturated carbocycles. The van der Waals surface area contributed by atoms with Gasteiger partial charge >= 0.3 is 0 Å². The maximum Gasteiger partial charge on any atom is 0.270 e. The van der Waals surface area contributed by atoms with Gasteiger partial charge in [0.2, 0.25) is 0 Å². The summed E-state index contributed by atoms with van der Waals surface area (Å²) in [6.45, 7) is 4.39. The fourth-order valence-electron chi connectivity index (χ4n) is 3.00. The highest BCUT2D eigenvalue weighted by Crippen LogP contribution is 2.32. The van der Waals surface area contributed by atoms with Gasteiger partial charge in [0.05, 0.1) is 16.6 Å². The van der Waals surface area contributed by atoms with Gasteiger partial charge in [-0.2, -0.15) is 0 Å². The molecule has 20 heavy (non-hydrogen) atoms. The topological polar surface area (TPSA) is 69.4 Å². The first-order chi connectivity index (χ1) is 9.49. The van der Waals surface area contributed by atoms with Crippen molar-refractivity contribution in [2.45, 2.75) is 39.2 Å². The average molecular weight is 277 g/mol. The van der Waals surface area contributed by atoms with E-state index in [1.54, 1.807) is 0 Å². The monoisotopic (exact) mass is 277 g/mol. The highest BCUT2D eigenvalue weighted by atomic mass is 16.6. The fraction of sp³-hybridized carbons (Fsp3) is 0.533. The summed E-state index contributed by atoms with van der Waals surface area (Å²) in [7, 11) is 0. The molecular formula is C15H19NO4. The molecule has 0 radical (unpaired) electrons. The van der Waals surface area contributed by atoms with E-state index < -0.39 is 4.92 Å². The molecule has 0 aromatic heterocycles. The molecule has 0 saturated heterocycles. The molecule has 0 heterocycles. The lowest BCUT2D eigenvalue weighted by Gasteiger charge is -2.31. The lowest BCUT2D eigenvalue weighted by atomic mass is 9.82. The average Bonchev–Trinajstić information content (AvgIpc) is 2.37. The largest absolute Gasteiger partial charge is 0.490 e. The van der Waals surface area contributed by atoms with Gasteiger partial charge in [-0.3, -0.25) is 14.9 Å². The predicted octanol–water partition coefficient (Wildman–Crippen LogP) is 3.61. The summed E-state index contributed by atoms with van der Waals surface area (Å²) in [6, 6.07) is 4.15. The molecule has 2 atom stereocenters. The number of rotatable bonds is 4. The molecule has 1 aromatic carbocycles. The third-order valence-electron chi connectivity index (χ3n) is 3.76. The van der Waals surface area contributed by atoms with Crippen molar-refractivity contribution in [2.24, 2.45) is 11.8 Å². The van der Waals surface area contributed by atoms with Crippen LogP contribution in [0.1, 0.15) is 43.5 Å². The van der Waals surface area contributed by atoms with Crippen LogP contribution >= 0.6 is 0 Å². The van der Waals surface area contributed by atoms with Gasteiger partial charge in [0.25, 0.3) is 5.69 Å². The van der Waals surface area contributed by atoms with E-state index in [2.05, 4.69) is 13.8 Å². The van der Waals surface area contributed by atoms with E-state index in [9.17, 15) is 14.9 Å². The smallest absolute Gasteiger partial charge is 0.270 e. The molecule has 2 rings (SSSR count). The summed E-state index contributed by atoms with van der Waals surface area (Å²) in [6.07, 6.45) is 3.80. The second kappa shape index (κ2) is 6.03. The van der Waals surface area contributed by atoms with Crippen LogP contribution in [0.4, 0.5) is 5.69 Å². The zero-order valence-electron chi connectivity index (χ0n) is 11.7. The van der Waals surface area contributed by atoms with E-state index in [1.165, 1.54) is 24.6 Å². The quantitative estimate of drug-likeness (QED) is 0.479. The molecule has 0 bridgehead atoms. The molecule has 1 fully saturated rings. The number of carbonyl (C=O) groups is 1. The van der Waals surface area contributed by atoms with E-state index in [0.717, 1.165) is 12.8 Å². The minimum atomic E-state index is -0.512. The standard InChI is InChI=1S/C15H19NO4/c1-10-5-11(2)7-14(6-10)20-15-4-3-13(16(18)19)8-12(15)9-17/h3-4,8-11,14H,5-7H2,1-2H3. The summed E-state index contributed by atoms with van der Waals surface area (Å²) >= 11 is 0. The van der Waals surface area contributed by atoms with Crippen molar-refractivity contribution in [3.8, 4) is 5.75 Å². The van der Waals surface area contributed by atoms with Crippen LogP contribution in [0.25, 0.3) is 0 Å². The van der Waals surface area contributed by atoms with E-state index in [1.807, 2.05) is 0 Å². The zero-order valence-corrected chi connectivity index (χ0v) is 11.7. The van der Waals surface area contributed by atoms with Gasteiger partial charge < -0.3 is 4.74 Å². The number of nitro groups is 1. The maximum atomic E-state index is 11.1. The van der Waals surface area contributed by atoms with Crippen molar-refractivity contribution in [1.82, 2.24) is 0 Å². The molecule has 1 aliphatic carbocycles. The maximum absolute atomic E-state index is 11.1. The Labute approximate surface area is 118 Å². The number of nitro benzene ring substituents is 1. The van der Waals surface area contributed by atoms with Crippen molar-refractivity contribution in [1.29, 1.82) is 0 Å². The van der Waals surface area contributed by atoms with Gasteiger partial charge in [0.15, 0.2) is 6.29 Å². The number of hydrogen-bond donors (Lipinski definition) is 0. The van der Waals surface area contributed by atoms with E-state index >= 15 is 0 Å². The Morgan fingerprint density at radius 3 is 2.45 bits per heavy atom. The lowest BCUT2D eigenvalue weighted by molar-refractivity contribution is -0.384. The number of nitrogens with zero attached hydrogens (tertiary/aromatic N) is 1. The van der Waals surface area contributed by atoms with Crippen molar-refractivity contribution in [3.05, 3.63) is 33.9 Å². The second-order valence-corrected chi connectivity index (χ2v) is 5.75. The molecule has 0 spiro atoms. The molecular weight excluding hydrogens is 258 g/mol. The molecule has 1 aromatic rings. The van der Waals surface area contributed by atoms with Crippen molar-refractivity contribution >= 4 is 12.0 Å². The van der Waals surface area contributed by atoms with Gasteiger partial charge in [-0.1, -0.05) is 13.8 Å². The summed E-state index contributed by atoms with van der Waals surface area (Å²) in [5.74, 6) is 1.64. The van der Waals surface area contributed by atoms with Crippen molar-refractivity contribution < 1.29 is 14.5 Å². The molecule has 5 heteroatoms. The first kappa shape index (κ1) is 14.5. The summed E-state index contributed by atoms with van der Waals surface area (Å²) in [5, 5.41) is 10.7. The third-order valence-corrected chi connectivity index (χ3v) is 3.76. The highest BCUT2D eigenvalue weighted by molar-refractivity contribution is 5.80. The molecule has 1 aliphatic rings. The van der Waals surface area contributed by atoms with Crippen LogP contribution in [0.2, 0.25) is 0 Å². The van der Waals surface area contributed by atoms with E-state index in [4.69, 9.17) is 4.74 Å². The number of aldehydes is 1. The van der Waals surface area contributed by atoms with Crippen LogP contribution in [0.3, 0.4) is 0 Å². The minimum Gasteiger partial charge on any atom is -0.490 e. The Hall–Kier alpha value is -1.91. The summed E-state index contributed by atoms with van der Waals surface area (Å²) < 4.78 is 5.90. The van der Waals surface area contributed by atoms with Gasteiger partial charge in [0, 0.05) is 12.1 Å². The lowest BCUT2D eigenvalue weighted by Crippen LogP contribution is -2.28. The van der Waals surface area contributed by atoms with Crippen molar-refractivity contribution in [3.63, 3.8) is 0 Å². The van der Waals surface area contributed by atoms with Gasteiger partial charge in [-0.15, -0.1) is 0 Å². The molecule has 5 nitrogen and oxygen atoms in total. The summed E-state index contributed by atoms with van der Waals surface area (Å²) in [5.41, 5.74) is 0.148. The number of ether oxygens (including phenoxy) is 1. The van der Waals surface area contributed by atoms with Crippen LogP contribution in [0, 0.1) is 22.0 Å². The molecule has 2 unspecified atom stereocenters. The van der Waals surface area contributed by atoms with Crippen molar-refractivity contribution in [2.75, 3.05) is 0 Å². The normalized spacial score (nSPS) is 26.0. The SMILES string of the molecule is CC1CC(C)CC(Oc2ccc([N+](=O)[O-])cc2C=O)C1. The molecule has 0 aliphatic heterocycles. The Balaban J connectivity index is 2.16. The molecule has 108 valence electrons. The Morgan fingerprint density at radius 2 is 1.90 bits per heavy atom. The van der Waals surface area contributed by atoms with Crippen LogP contribution in [0.15, 0.2) is 18.2 Å². The Morgan fingerprint density at radius 1 is 1.25 bits per heavy atom. The van der Waals surface area contributed by atoms with Crippen LogP contribution in [-0.4, -0.2) is 17.3 Å². The van der Waals surface area contributed by atoms with Gasteiger partial charge in [0.1, 0.15) is 5.75 Å². The Kier molecular flexibility index (Phi) is 4.37. The number of hydrogen-bond acceptors (Lipinski definition) is 4. The van der Waals surface area contributed by atoms with E-state index in [-0.39, 0.29) is 17.4 Å². The zero-order chi connectivity index (χ0) is 14.7. The van der Waals surface area contributed by atoms with Gasteiger partial charge in [-0.05, 0) is 37.2 Å². The minimum absolute atomic E-state index is 0.0777. The molecule has 0 N–H and O–H groups in total. The van der Waals surface area contributed by atoms with Crippen LogP contribution in [0.5, 0.6) is 5.75 Å². The molecule has 0 amide bonds. The van der Waals surface area contributed by atoms with Crippen LogP contribution in [-0.2, 0) is 0 Å². The summed E-state index contributed by atoms with van der Waals surface area (Å²) in [4.78, 5) is 21.3. The van der Waals surface area contributed by atoms with Gasteiger partial charge in [-0.25, -0.2) is 0 Å². The number of non-ortho nitro benzene ring substituents is 1. The van der Waals surface area contributed by atoms with Crippen LogP contribution < -0.4 is 4.74 Å². The second-order valence-electron chi connectivity index (χ2n) is 5.75. The third kappa shape index (κ3) is 3.35. The predicted molar refractivity (Wildman–Crippen MR) is 75.1 cm³/mol. The first-order valence-electron chi connectivity index (χ1n) is 6.90.